The average molecular weight is 396 g/mol. The number of aldehydes is 1. The van der Waals surface area contributed by atoms with Gasteiger partial charge in [-0.15, -0.1) is 0 Å². The molecule has 1 saturated carbocycles. The van der Waals surface area contributed by atoms with Crippen LogP contribution in [0, 0.1) is 21.8 Å². The molecule has 28 heavy (non-hydrogen) atoms. The Morgan fingerprint density at radius 1 is 1.46 bits per heavy atom. The smallest absolute Gasteiger partial charge is 0.324 e. The van der Waals surface area contributed by atoms with E-state index in [0.717, 1.165) is 37.8 Å². The summed E-state index contributed by atoms with van der Waals surface area (Å²) in [5.74, 6) is -1.42. The van der Waals surface area contributed by atoms with E-state index in [1.165, 1.54) is 11.8 Å². The van der Waals surface area contributed by atoms with E-state index in [9.17, 15) is 29.2 Å². The number of rotatable bonds is 10. The second-order valence-electron chi connectivity index (χ2n) is 6.97. The number of carbonyl (C=O) groups excluding carboxylic acids is 2. The number of nitro benzene ring substituents is 1. The lowest BCUT2D eigenvalue weighted by atomic mass is 10.1. The topological polar surface area (TPSA) is 110 Å². The van der Waals surface area contributed by atoms with E-state index in [1.807, 2.05) is 0 Å². The number of halogens is 1. The molecule has 0 aromatic heterocycles. The van der Waals surface area contributed by atoms with E-state index >= 15 is 0 Å². The van der Waals surface area contributed by atoms with Gasteiger partial charge in [-0.05, 0) is 44.2 Å². The van der Waals surface area contributed by atoms with Crippen LogP contribution in [-0.4, -0.2) is 46.5 Å². The molecule has 0 heterocycles. The fourth-order valence-electron chi connectivity index (χ4n) is 3.46. The molecule has 1 amide bonds. The van der Waals surface area contributed by atoms with Crippen molar-refractivity contribution in [2.75, 3.05) is 13.2 Å². The number of hydrogen-bond donors (Lipinski definition) is 1. The normalized spacial score (nSPS) is 15.2. The monoisotopic (exact) mass is 396 g/mol. The molecule has 1 aromatic carbocycles. The van der Waals surface area contributed by atoms with Crippen LogP contribution < -0.4 is 4.74 Å². The highest BCUT2D eigenvalue weighted by atomic mass is 19.1. The van der Waals surface area contributed by atoms with Crippen molar-refractivity contribution in [2.24, 2.45) is 5.92 Å². The summed E-state index contributed by atoms with van der Waals surface area (Å²) in [6.45, 7) is 1.90. The van der Waals surface area contributed by atoms with Gasteiger partial charge in [-0.25, -0.2) is 4.39 Å². The molecule has 0 aliphatic heterocycles. The van der Waals surface area contributed by atoms with Crippen molar-refractivity contribution in [3.05, 3.63) is 33.6 Å². The van der Waals surface area contributed by atoms with E-state index in [2.05, 4.69) is 0 Å². The molecule has 1 N–H and O–H groups in total. The van der Waals surface area contributed by atoms with Gasteiger partial charge in [-0.2, -0.15) is 0 Å². The lowest BCUT2D eigenvalue weighted by Gasteiger charge is -2.28. The Labute approximate surface area is 162 Å². The zero-order valence-electron chi connectivity index (χ0n) is 15.8. The minimum Gasteiger partial charge on any atom is -0.485 e. The van der Waals surface area contributed by atoms with Gasteiger partial charge < -0.3 is 14.7 Å². The van der Waals surface area contributed by atoms with Crippen molar-refractivity contribution < 1.29 is 28.7 Å². The molecule has 0 spiro atoms. The van der Waals surface area contributed by atoms with Crippen LogP contribution in [0.1, 0.15) is 55.8 Å². The van der Waals surface area contributed by atoms with E-state index in [0.29, 0.717) is 12.5 Å². The lowest BCUT2D eigenvalue weighted by molar-refractivity contribution is -0.386. The van der Waals surface area contributed by atoms with Crippen molar-refractivity contribution >= 4 is 17.9 Å². The maximum atomic E-state index is 13.9. The number of ether oxygens (including phenoxy) is 1. The zero-order valence-corrected chi connectivity index (χ0v) is 15.8. The summed E-state index contributed by atoms with van der Waals surface area (Å²) in [5, 5.41) is 21.0. The van der Waals surface area contributed by atoms with Crippen LogP contribution in [0.15, 0.2) is 12.1 Å². The number of aliphatic hydroxyl groups is 1. The van der Waals surface area contributed by atoms with E-state index < -0.39 is 28.4 Å². The Morgan fingerprint density at radius 3 is 2.71 bits per heavy atom. The molecule has 0 radical (unpaired) electrons. The summed E-state index contributed by atoms with van der Waals surface area (Å²) >= 11 is 0. The number of hydrogen-bond acceptors (Lipinski definition) is 6. The van der Waals surface area contributed by atoms with Gasteiger partial charge in [-0.3, -0.25) is 19.7 Å². The first-order chi connectivity index (χ1) is 13.3. The minimum absolute atomic E-state index is 0.0560. The third-order valence-corrected chi connectivity index (χ3v) is 4.91. The predicted octanol–water partition coefficient (Wildman–Crippen LogP) is 3.06. The third-order valence-electron chi connectivity index (χ3n) is 4.91. The molecule has 1 aliphatic carbocycles. The van der Waals surface area contributed by atoms with Gasteiger partial charge in [0.25, 0.3) is 0 Å². The van der Waals surface area contributed by atoms with Crippen LogP contribution in [0.3, 0.4) is 0 Å². The van der Waals surface area contributed by atoms with Gasteiger partial charge in [-0.1, -0.05) is 12.8 Å². The first-order valence-electron chi connectivity index (χ1n) is 9.37. The number of nitro groups is 1. The summed E-state index contributed by atoms with van der Waals surface area (Å²) in [7, 11) is 0. The van der Waals surface area contributed by atoms with Gasteiger partial charge >= 0.3 is 5.69 Å². The van der Waals surface area contributed by atoms with Gasteiger partial charge in [0.15, 0.2) is 12.1 Å². The molecule has 1 aliphatic rings. The fourth-order valence-corrected chi connectivity index (χ4v) is 3.46. The largest absolute Gasteiger partial charge is 0.485 e. The van der Waals surface area contributed by atoms with Crippen LogP contribution in [0.2, 0.25) is 0 Å². The number of nitrogens with zero attached hydrogens (tertiary/aromatic N) is 2. The quantitative estimate of drug-likeness (QED) is 0.214. The summed E-state index contributed by atoms with van der Waals surface area (Å²) in [6.07, 6.45) is 3.93. The van der Waals surface area contributed by atoms with Crippen LogP contribution >= 0.6 is 0 Å². The predicted molar refractivity (Wildman–Crippen MR) is 98.5 cm³/mol. The van der Waals surface area contributed by atoms with Gasteiger partial charge in [0.2, 0.25) is 11.7 Å². The molecule has 9 heteroatoms. The molecule has 0 bridgehead atoms. The highest BCUT2D eigenvalue weighted by Gasteiger charge is 2.26. The van der Waals surface area contributed by atoms with E-state index in [4.69, 9.17) is 4.74 Å². The molecule has 1 unspecified atom stereocenters. The number of amides is 1. The van der Waals surface area contributed by atoms with E-state index in [1.54, 1.807) is 0 Å². The first kappa shape index (κ1) is 21.7. The van der Waals surface area contributed by atoms with Gasteiger partial charge in [0.1, 0.15) is 6.23 Å². The molecule has 1 atom stereocenters. The highest BCUT2D eigenvalue weighted by molar-refractivity contribution is 5.83. The summed E-state index contributed by atoms with van der Waals surface area (Å²) in [5.41, 5.74) is -1.01. The lowest BCUT2D eigenvalue weighted by Crippen LogP contribution is -2.41. The third kappa shape index (κ3) is 5.48. The number of benzene rings is 1. The first-order valence-corrected chi connectivity index (χ1v) is 9.37. The van der Waals surface area contributed by atoms with Crippen molar-refractivity contribution in [1.82, 2.24) is 4.90 Å². The van der Waals surface area contributed by atoms with Crippen molar-refractivity contribution in [3.8, 4) is 5.75 Å². The number of carbonyl (C=O) groups is 2. The Kier molecular flexibility index (Phi) is 7.86. The summed E-state index contributed by atoms with van der Waals surface area (Å²) in [6, 6.07) is 1.94. The van der Waals surface area contributed by atoms with Crippen LogP contribution in [-0.2, 0) is 4.79 Å². The van der Waals surface area contributed by atoms with Gasteiger partial charge in [0.05, 0.1) is 17.1 Å². The SMILES string of the molecule is CC(O)N(CC1CCCC1)C(=O)CCCOc1c(F)ccc(C=O)c1[N+](=O)[O-]. The minimum atomic E-state index is -0.949. The standard InChI is InChI=1S/C19H25FN2O6/c1-13(24)21(11-14-5-2-3-6-14)17(25)7-4-10-28-19-16(20)9-8-15(12-23)18(19)22(26)27/h8-9,12-14,24H,2-7,10-11H2,1H3. The van der Waals surface area contributed by atoms with Crippen LogP contribution in [0.25, 0.3) is 0 Å². The van der Waals surface area contributed by atoms with Crippen molar-refractivity contribution in [3.63, 3.8) is 0 Å². The molecule has 1 aromatic rings. The molecule has 2 rings (SSSR count). The highest BCUT2D eigenvalue weighted by Crippen LogP contribution is 2.33. The summed E-state index contributed by atoms with van der Waals surface area (Å²) in [4.78, 5) is 35.0. The Balaban J connectivity index is 1.93. The number of aliphatic hydroxyl groups excluding tert-OH is 1. The second kappa shape index (κ2) is 10.1. The maximum absolute atomic E-state index is 13.9. The Hall–Kier alpha value is -2.55. The van der Waals surface area contributed by atoms with E-state index in [-0.39, 0.29) is 37.2 Å². The Bertz CT molecular complexity index is 719. The molecule has 154 valence electrons. The molecular weight excluding hydrogens is 371 g/mol. The van der Waals surface area contributed by atoms with Crippen LogP contribution in [0.4, 0.5) is 10.1 Å². The van der Waals surface area contributed by atoms with Gasteiger partial charge in [0, 0.05) is 13.0 Å². The van der Waals surface area contributed by atoms with Crippen molar-refractivity contribution in [2.45, 2.75) is 51.7 Å². The van der Waals surface area contributed by atoms with Crippen LogP contribution in [0.5, 0.6) is 5.75 Å². The molecule has 0 saturated heterocycles. The Morgan fingerprint density at radius 2 is 2.14 bits per heavy atom. The zero-order chi connectivity index (χ0) is 20.7. The maximum Gasteiger partial charge on any atom is 0.324 e. The van der Waals surface area contributed by atoms with Crippen molar-refractivity contribution in [1.29, 1.82) is 0 Å². The average Bonchev–Trinajstić information content (AvgIpc) is 3.16. The molecule has 8 nitrogen and oxygen atoms in total. The molecule has 1 fully saturated rings. The molecular formula is C19H25FN2O6. The second-order valence-corrected chi connectivity index (χ2v) is 6.97. The fraction of sp³-hybridized carbons (Fsp3) is 0.579. The summed E-state index contributed by atoms with van der Waals surface area (Å²) < 4.78 is 19.1.